The second-order valence-electron chi connectivity index (χ2n) is 4.09. The summed E-state index contributed by atoms with van der Waals surface area (Å²) in [5.74, 6) is -1.74. The summed E-state index contributed by atoms with van der Waals surface area (Å²) in [5, 5.41) is 14.6. The molecule has 3 aromatic rings. The molecule has 1 N–H and O–H groups in total. The molecule has 3 aromatic heterocycles. The third-order valence-electron chi connectivity index (χ3n) is 2.83. The molecule has 0 unspecified atom stereocenters. The van der Waals surface area contributed by atoms with Gasteiger partial charge in [-0.25, -0.2) is 14.5 Å². The smallest absolute Gasteiger partial charge is 0.434 e. The van der Waals surface area contributed by atoms with E-state index in [1.54, 1.807) is 17.5 Å². The third kappa shape index (κ3) is 2.15. The average molecular weight is 313 g/mol. The molecule has 0 atom stereocenters. The van der Waals surface area contributed by atoms with E-state index in [1.807, 2.05) is 0 Å². The number of pyridine rings is 1. The summed E-state index contributed by atoms with van der Waals surface area (Å²) in [4.78, 5) is 14.9. The van der Waals surface area contributed by atoms with Crippen LogP contribution in [0.25, 0.3) is 15.9 Å². The summed E-state index contributed by atoms with van der Waals surface area (Å²) >= 11 is 1.34. The highest BCUT2D eigenvalue weighted by Gasteiger charge is 2.41. The van der Waals surface area contributed by atoms with Gasteiger partial charge in [0.15, 0.2) is 11.5 Å². The molecule has 0 fully saturated rings. The lowest BCUT2D eigenvalue weighted by atomic mass is 10.2. The number of aromatic carboxylic acids is 1. The third-order valence-corrected chi connectivity index (χ3v) is 3.71. The normalized spacial score (nSPS) is 12.0. The summed E-state index contributed by atoms with van der Waals surface area (Å²) in [6.45, 7) is 0. The van der Waals surface area contributed by atoms with E-state index in [0.29, 0.717) is 16.3 Å². The van der Waals surface area contributed by atoms with Crippen LogP contribution in [0.15, 0.2) is 29.9 Å². The predicted molar refractivity (Wildman–Crippen MR) is 68.7 cm³/mol. The average Bonchev–Trinajstić information content (AvgIpc) is 3.04. The summed E-state index contributed by atoms with van der Waals surface area (Å²) in [7, 11) is 0. The number of carboxylic acids is 1. The maximum absolute atomic E-state index is 13.2. The zero-order valence-corrected chi connectivity index (χ0v) is 10.9. The molecule has 0 saturated carbocycles. The largest absolute Gasteiger partial charge is 0.478 e. The van der Waals surface area contributed by atoms with Crippen molar-refractivity contribution >= 4 is 27.4 Å². The molecule has 21 heavy (non-hydrogen) atoms. The van der Waals surface area contributed by atoms with Gasteiger partial charge in [0, 0.05) is 16.3 Å². The van der Waals surface area contributed by atoms with Gasteiger partial charge in [0.1, 0.15) is 5.56 Å². The quantitative estimate of drug-likeness (QED) is 0.789. The Kier molecular flexibility index (Phi) is 2.94. The Hall–Kier alpha value is -2.42. The van der Waals surface area contributed by atoms with E-state index in [0.717, 1.165) is 4.70 Å². The number of alkyl halides is 3. The molecule has 0 aliphatic heterocycles. The Balaban J connectivity index is 2.33. The number of hydrogen-bond acceptors (Lipinski definition) is 4. The molecule has 0 aromatic carbocycles. The molecular formula is C12H6F3N3O2S. The van der Waals surface area contributed by atoms with Gasteiger partial charge < -0.3 is 5.11 Å². The zero-order chi connectivity index (χ0) is 15.2. The summed E-state index contributed by atoms with van der Waals surface area (Å²) < 4.78 is 40.8. The van der Waals surface area contributed by atoms with Gasteiger partial charge in [-0.15, -0.1) is 11.3 Å². The molecule has 0 saturated heterocycles. The lowest BCUT2D eigenvalue weighted by molar-refractivity contribution is -0.143. The van der Waals surface area contributed by atoms with E-state index in [9.17, 15) is 18.0 Å². The van der Waals surface area contributed by atoms with Crippen LogP contribution in [0, 0.1) is 0 Å². The topological polar surface area (TPSA) is 68.0 Å². The molecule has 5 nitrogen and oxygen atoms in total. The van der Waals surface area contributed by atoms with Crippen molar-refractivity contribution in [2.45, 2.75) is 6.18 Å². The zero-order valence-electron chi connectivity index (χ0n) is 10.1. The lowest BCUT2D eigenvalue weighted by Gasteiger charge is -2.11. The highest BCUT2D eigenvalue weighted by atomic mass is 32.1. The first-order chi connectivity index (χ1) is 9.89. The fourth-order valence-electron chi connectivity index (χ4n) is 1.99. The first-order valence-electron chi connectivity index (χ1n) is 5.60. The van der Waals surface area contributed by atoms with Gasteiger partial charge in [-0.3, -0.25) is 0 Å². The van der Waals surface area contributed by atoms with Crippen molar-refractivity contribution in [1.29, 1.82) is 0 Å². The van der Waals surface area contributed by atoms with Gasteiger partial charge in [-0.2, -0.15) is 18.3 Å². The van der Waals surface area contributed by atoms with Crippen molar-refractivity contribution in [3.05, 3.63) is 41.2 Å². The van der Waals surface area contributed by atoms with Gasteiger partial charge >= 0.3 is 12.1 Å². The van der Waals surface area contributed by atoms with Crippen molar-refractivity contribution in [2.24, 2.45) is 0 Å². The van der Waals surface area contributed by atoms with Crippen LogP contribution >= 0.6 is 11.3 Å². The van der Waals surface area contributed by atoms with Crippen LogP contribution in [0.3, 0.4) is 0 Å². The molecule has 0 amide bonds. The number of thiophene rings is 1. The minimum atomic E-state index is -4.86. The maximum atomic E-state index is 13.2. The number of carboxylic acid groups (broad SMARTS) is 1. The summed E-state index contributed by atoms with van der Waals surface area (Å²) in [6, 6.07) is 3.28. The maximum Gasteiger partial charge on any atom is 0.434 e. The number of rotatable bonds is 2. The van der Waals surface area contributed by atoms with Crippen LogP contribution in [-0.4, -0.2) is 25.8 Å². The summed E-state index contributed by atoms with van der Waals surface area (Å²) in [5.41, 5.74) is -2.25. The molecule has 0 aliphatic carbocycles. The van der Waals surface area contributed by atoms with E-state index in [1.165, 1.54) is 17.5 Å². The van der Waals surface area contributed by atoms with Crippen molar-refractivity contribution in [2.75, 3.05) is 0 Å². The molecule has 9 heteroatoms. The highest BCUT2D eigenvalue weighted by molar-refractivity contribution is 7.17. The Morgan fingerprint density at radius 1 is 1.33 bits per heavy atom. The van der Waals surface area contributed by atoms with Gasteiger partial charge in [0.2, 0.25) is 0 Å². The van der Waals surface area contributed by atoms with Crippen LogP contribution in [0.4, 0.5) is 13.2 Å². The number of carbonyl (C=O) groups is 1. The number of halogens is 3. The monoisotopic (exact) mass is 313 g/mol. The fourth-order valence-corrected chi connectivity index (χ4v) is 2.76. The van der Waals surface area contributed by atoms with E-state index >= 15 is 0 Å². The Morgan fingerprint density at radius 2 is 2.10 bits per heavy atom. The van der Waals surface area contributed by atoms with Crippen molar-refractivity contribution in [1.82, 2.24) is 14.8 Å². The first-order valence-corrected chi connectivity index (χ1v) is 6.48. The van der Waals surface area contributed by atoms with Gasteiger partial charge in [0.05, 0.1) is 6.20 Å². The summed E-state index contributed by atoms with van der Waals surface area (Å²) in [6.07, 6.45) is -2.82. The minimum Gasteiger partial charge on any atom is -0.478 e. The number of nitrogens with zero attached hydrogens (tertiary/aromatic N) is 3. The van der Waals surface area contributed by atoms with Crippen LogP contribution in [0.1, 0.15) is 16.1 Å². The molecule has 0 spiro atoms. The van der Waals surface area contributed by atoms with E-state index in [4.69, 9.17) is 5.11 Å². The molecule has 108 valence electrons. The van der Waals surface area contributed by atoms with E-state index in [2.05, 4.69) is 10.1 Å². The fraction of sp³-hybridized carbons (Fsp3) is 0.0833. The second kappa shape index (κ2) is 4.55. The van der Waals surface area contributed by atoms with E-state index in [-0.39, 0.29) is 5.82 Å². The second-order valence-corrected chi connectivity index (χ2v) is 5.04. The van der Waals surface area contributed by atoms with Crippen LogP contribution in [0.5, 0.6) is 0 Å². The molecule has 0 radical (unpaired) electrons. The van der Waals surface area contributed by atoms with Crippen LogP contribution < -0.4 is 0 Å². The number of fused-ring (bicyclic) bond motifs is 1. The SMILES string of the molecule is O=C(O)c1cnn(-c2nccc3sccc23)c1C(F)(F)F. The molecule has 0 aliphatic rings. The van der Waals surface area contributed by atoms with Crippen LogP contribution in [0.2, 0.25) is 0 Å². The predicted octanol–water partition coefficient (Wildman–Crippen LogP) is 3.20. The Bertz CT molecular complexity index is 838. The highest BCUT2D eigenvalue weighted by Crippen LogP contribution is 2.35. The Labute approximate surface area is 119 Å². The first kappa shape index (κ1) is 13.6. The van der Waals surface area contributed by atoms with E-state index < -0.39 is 23.4 Å². The van der Waals surface area contributed by atoms with Crippen molar-refractivity contribution in [3.63, 3.8) is 0 Å². The van der Waals surface area contributed by atoms with Crippen molar-refractivity contribution in [3.8, 4) is 5.82 Å². The molecular weight excluding hydrogens is 307 g/mol. The molecule has 3 rings (SSSR count). The number of hydrogen-bond donors (Lipinski definition) is 1. The standard InChI is InChI=1S/C12H6F3N3O2S/c13-12(14,15)9-7(11(19)20)5-17-18(9)10-6-2-4-21-8(6)1-3-16-10/h1-5H,(H,19,20). The Morgan fingerprint density at radius 3 is 2.76 bits per heavy atom. The van der Waals surface area contributed by atoms with Crippen LogP contribution in [-0.2, 0) is 6.18 Å². The van der Waals surface area contributed by atoms with Gasteiger partial charge in [-0.1, -0.05) is 0 Å². The molecule has 3 heterocycles. The number of aromatic nitrogens is 3. The lowest BCUT2D eigenvalue weighted by Crippen LogP contribution is -2.18. The van der Waals surface area contributed by atoms with Gasteiger partial charge in [0.25, 0.3) is 0 Å². The molecule has 0 bridgehead atoms. The minimum absolute atomic E-state index is 0.0476. The van der Waals surface area contributed by atoms with Gasteiger partial charge in [-0.05, 0) is 17.5 Å². The van der Waals surface area contributed by atoms with Crippen molar-refractivity contribution < 1.29 is 23.1 Å².